The molecule has 31 heavy (non-hydrogen) atoms. The summed E-state index contributed by atoms with van der Waals surface area (Å²) in [6.45, 7) is 10.4. The first-order valence-corrected chi connectivity index (χ1v) is 10.8. The van der Waals surface area contributed by atoms with Crippen LogP contribution in [0.25, 0.3) is 11.3 Å². The maximum absolute atomic E-state index is 12.7. The maximum Gasteiger partial charge on any atom is 0.251 e. The molecule has 1 aromatic heterocycles. The van der Waals surface area contributed by atoms with E-state index in [1.807, 2.05) is 51.4 Å². The van der Waals surface area contributed by atoms with Crippen LogP contribution in [0.1, 0.15) is 28.0 Å². The number of amides is 1. The van der Waals surface area contributed by atoms with Crippen LogP contribution < -0.4 is 10.2 Å². The number of aromatic nitrogens is 2. The second-order valence-corrected chi connectivity index (χ2v) is 8.02. The third-order valence-corrected chi connectivity index (χ3v) is 5.31. The van der Waals surface area contributed by atoms with Gasteiger partial charge in [-0.15, -0.1) is 6.58 Å². The molecule has 2 heterocycles. The first kappa shape index (κ1) is 22.9. The molecule has 1 aromatic carbocycles. The van der Waals surface area contributed by atoms with E-state index in [9.17, 15) is 4.79 Å². The summed E-state index contributed by atoms with van der Waals surface area (Å²) in [4.78, 5) is 26.6. The number of hydrogen-bond donors (Lipinski definition) is 1. The molecular formula is C24H33N5O2. The number of carbonyl (C=O) groups excluding carboxylic acids is 1. The highest BCUT2D eigenvalue weighted by atomic mass is 16.5. The number of ether oxygens (including phenoxy) is 1. The molecule has 2 aromatic rings. The van der Waals surface area contributed by atoms with Gasteiger partial charge in [-0.05, 0) is 52.5 Å². The molecule has 1 aliphatic rings. The van der Waals surface area contributed by atoms with Gasteiger partial charge in [0.05, 0.1) is 18.9 Å². The Kier molecular flexibility index (Phi) is 8.14. The predicted octanol–water partition coefficient (Wildman–Crippen LogP) is 2.70. The standard InChI is InChI=1S/C24H33N5O2/c1-5-8-21-18(2)26-24(29-13-15-31-16-14-29)27-22(21)19-9-6-10-20(17-19)23(30)25-11-7-12-28(3)4/h5-6,9-10,17H,1,7-8,11-16H2,2-4H3,(H,25,30). The zero-order valence-corrected chi connectivity index (χ0v) is 18.9. The van der Waals surface area contributed by atoms with E-state index in [1.54, 1.807) is 0 Å². The number of allylic oxidation sites excluding steroid dienone is 1. The average molecular weight is 424 g/mol. The van der Waals surface area contributed by atoms with Crippen LogP contribution in [-0.2, 0) is 11.2 Å². The average Bonchev–Trinajstić information content (AvgIpc) is 2.78. The molecule has 0 aliphatic carbocycles. The van der Waals surface area contributed by atoms with Crippen LogP contribution in [-0.4, -0.2) is 74.3 Å². The molecular weight excluding hydrogens is 390 g/mol. The normalized spacial score (nSPS) is 14.0. The summed E-state index contributed by atoms with van der Waals surface area (Å²) in [6, 6.07) is 7.67. The lowest BCUT2D eigenvalue weighted by molar-refractivity contribution is 0.0952. The van der Waals surface area contributed by atoms with E-state index in [0.29, 0.717) is 37.7 Å². The number of nitrogens with one attached hydrogen (secondary N) is 1. The number of morpholine rings is 1. The van der Waals surface area contributed by atoms with Gasteiger partial charge in [-0.25, -0.2) is 9.97 Å². The fourth-order valence-corrected chi connectivity index (χ4v) is 3.62. The highest BCUT2D eigenvalue weighted by Crippen LogP contribution is 2.28. The number of benzene rings is 1. The van der Waals surface area contributed by atoms with Crippen molar-refractivity contribution in [2.75, 3.05) is 58.4 Å². The minimum atomic E-state index is -0.0648. The van der Waals surface area contributed by atoms with Gasteiger partial charge in [-0.3, -0.25) is 4.79 Å². The van der Waals surface area contributed by atoms with Gasteiger partial charge in [0.15, 0.2) is 0 Å². The lowest BCUT2D eigenvalue weighted by Gasteiger charge is -2.28. The van der Waals surface area contributed by atoms with E-state index in [-0.39, 0.29) is 5.91 Å². The number of nitrogens with zero attached hydrogens (tertiary/aromatic N) is 4. The van der Waals surface area contributed by atoms with Gasteiger partial charge in [0.25, 0.3) is 5.91 Å². The first-order valence-electron chi connectivity index (χ1n) is 10.8. The zero-order valence-electron chi connectivity index (χ0n) is 18.9. The maximum atomic E-state index is 12.7. The van der Waals surface area contributed by atoms with Crippen LogP contribution in [0.15, 0.2) is 36.9 Å². The van der Waals surface area contributed by atoms with E-state index in [0.717, 1.165) is 48.6 Å². The Morgan fingerprint density at radius 1 is 1.29 bits per heavy atom. The molecule has 1 aliphatic heterocycles. The first-order chi connectivity index (χ1) is 15.0. The predicted molar refractivity (Wildman–Crippen MR) is 125 cm³/mol. The van der Waals surface area contributed by atoms with Crippen molar-refractivity contribution in [3.05, 3.63) is 53.7 Å². The number of carbonyl (C=O) groups is 1. The Labute approximate surface area is 185 Å². The summed E-state index contributed by atoms with van der Waals surface area (Å²) in [5, 5.41) is 3.01. The fraction of sp³-hybridized carbons (Fsp3) is 0.458. The van der Waals surface area contributed by atoms with Crippen LogP contribution in [0.3, 0.4) is 0 Å². The Hall–Kier alpha value is -2.77. The summed E-state index contributed by atoms with van der Waals surface area (Å²) >= 11 is 0. The highest BCUT2D eigenvalue weighted by molar-refractivity contribution is 5.95. The lowest BCUT2D eigenvalue weighted by atomic mass is 10.00. The second kappa shape index (κ2) is 11.0. The van der Waals surface area contributed by atoms with Crippen molar-refractivity contribution in [3.8, 4) is 11.3 Å². The number of hydrogen-bond acceptors (Lipinski definition) is 6. The van der Waals surface area contributed by atoms with Gasteiger partial charge in [0, 0.05) is 42.0 Å². The quantitative estimate of drug-likeness (QED) is 0.494. The number of aryl methyl sites for hydroxylation is 1. The van der Waals surface area contributed by atoms with Crippen LogP contribution in [0.2, 0.25) is 0 Å². The smallest absolute Gasteiger partial charge is 0.251 e. The molecule has 7 heteroatoms. The molecule has 0 radical (unpaired) electrons. The molecule has 3 rings (SSSR count). The van der Waals surface area contributed by atoms with E-state index in [2.05, 4.69) is 21.7 Å². The van der Waals surface area contributed by atoms with E-state index in [4.69, 9.17) is 14.7 Å². The van der Waals surface area contributed by atoms with Crippen molar-refractivity contribution in [1.29, 1.82) is 0 Å². The molecule has 0 saturated carbocycles. The van der Waals surface area contributed by atoms with Crippen LogP contribution >= 0.6 is 0 Å². The monoisotopic (exact) mass is 423 g/mol. The number of anilines is 1. The summed E-state index contributed by atoms with van der Waals surface area (Å²) in [5.41, 5.74) is 4.38. The van der Waals surface area contributed by atoms with Crippen molar-refractivity contribution in [3.63, 3.8) is 0 Å². The van der Waals surface area contributed by atoms with E-state index in [1.165, 1.54) is 0 Å². The molecule has 7 nitrogen and oxygen atoms in total. The molecule has 0 atom stereocenters. The summed E-state index contributed by atoms with van der Waals surface area (Å²) in [7, 11) is 4.06. The highest BCUT2D eigenvalue weighted by Gasteiger charge is 2.19. The lowest BCUT2D eigenvalue weighted by Crippen LogP contribution is -2.37. The molecule has 1 amide bonds. The molecule has 1 saturated heterocycles. The van der Waals surface area contributed by atoms with E-state index >= 15 is 0 Å². The Balaban J connectivity index is 1.88. The van der Waals surface area contributed by atoms with Crippen LogP contribution in [0.5, 0.6) is 0 Å². The van der Waals surface area contributed by atoms with Crippen molar-refractivity contribution < 1.29 is 9.53 Å². The van der Waals surface area contributed by atoms with Gasteiger partial charge in [0.2, 0.25) is 5.95 Å². The molecule has 0 bridgehead atoms. The molecule has 1 fully saturated rings. The van der Waals surface area contributed by atoms with Gasteiger partial charge in [-0.2, -0.15) is 0 Å². The van der Waals surface area contributed by atoms with Crippen molar-refractivity contribution in [2.24, 2.45) is 0 Å². The molecule has 0 unspecified atom stereocenters. The summed E-state index contributed by atoms with van der Waals surface area (Å²) in [6.07, 6.45) is 3.45. The third kappa shape index (κ3) is 6.12. The Morgan fingerprint density at radius 2 is 2.06 bits per heavy atom. The fourth-order valence-electron chi connectivity index (χ4n) is 3.62. The Morgan fingerprint density at radius 3 is 2.77 bits per heavy atom. The Bertz CT molecular complexity index is 907. The zero-order chi connectivity index (χ0) is 22.2. The summed E-state index contributed by atoms with van der Waals surface area (Å²) < 4.78 is 5.47. The van der Waals surface area contributed by atoms with Gasteiger partial charge < -0.3 is 19.9 Å². The minimum absolute atomic E-state index is 0.0648. The van der Waals surface area contributed by atoms with Crippen molar-refractivity contribution >= 4 is 11.9 Å². The van der Waals surface area contributed by atoms with Gasteiger partial charge >= 0.3 is 0 Å². The molecule has 1 N–H and O–H groups in total. The van der Waals surface area contributed by atoms with Crippen LogP contribution in [0, 0.1) is 6.92 Å². The minimum Gasteiger partial charge on any atom is -0.378 e. The molecule has 166 valence electrons. The van der Waals surface area contributed by atoms with Gasteiger partial charge in [-0.1, -0.05) is 18.2 Å². The van der Waals surface area contributed by atoms with Crippen molar-refractivity contribution in [1.82, 2.24) is 20.2 Å². The second-order valence-electron chi connectivity index (χ2n) is 8.02. The molecule has 0 spiro atoms. The van der Waals surface area contributed by atoms with Crippen molar-refractivity contribution in [2.45, 2.75) is 19.8 Å². The number of rotatable bonds is 9. The van der Waals surface area contributed by atoms with Gasteiger partial charge in [0.1, 0.15) is 0 Å². The summed E-state index contributed by atoms with van der Waals surface area (Å²) in [5.74, 6) is 0.646. The largest absolute Gasteiger partial charge is 0.378 e. The van der Waals surface area contributed by atoms with Crippen LogP contribution in [0.4, 0.5) is 5.95 Å². The SMILES string of the molecule is C=CCc1c(C)nc(N2CCOCC2)nc1-c1cccc(C(=O)NCCCN(C)C)c1. The topological polar surface area (TPSA) is 70.6 Å². The van der Waals surface area contributed by atoms with E-state index < -0.39 is 0 Å². The third-order valence-electron chi connectivity index (χ3n) is 5.31.